The smallest absolute Gasteiger partial charge is 0.138 e. The summed E-state index contributed by atoms with van der Waals surface area (Å²) >= 11 is 0. The molecule has 0 aromatic carbocycles. The molecule has 6 N–H and O–H groups in total. The molecule has 0 radical (unpaired) electrons. The first-order valence-electron chi connectivity index (χ1n) is 3.65. The lowest BCUT2D eigenvalue weighted by Crippen LogP contribution is -2.99. The highest BCUT2D eigenvalue weighted by Crippen LogP contribution is 2.04. The summed E-state index contributed by atoms with van der Waals surface area (Å²) in [4.78, 5) is 0. The molecule has 5 heteroatoms. The number of hydrogen-bond donors (Lipinski definition) is 5. The van der Waals surface area contributed by atoms with E-state index in [0.717, 1.165) is 0 Å². The second kappa shape index (κ2) is 3.46. The van der Waals surface area contributed by atoms with Crippen molar-refractivity contribution in [3.63, 3.8) is 0 Å². The fraction of sp³-hybridized carbons (Fsp3) is 1.00. The van der Waals surface area contributed by atoms with Gasteiger partial charge in [-0.25, -0.2) is 0 Å². The van der Waals surface area contributed by atoms with Gasteiger partial charge in [0.15, 0.2) is 0 Å². The highest BCUT2D eigenvalue weighted by Gasteiger charge is 2.38. The van der Waals surface area contributed by atoms with Crippen molar-refractivity contribution in [2.45, 2.75) is 24.4 Å². The number of quaternary nitrogens is 1. The topological polar surface area (TPSA) is 97.5 Å². The first kappa shape index (κ1) is 8.89. The van der Waals surface area contributed by atoms with Crippen LogP contribution in [-0.4, -0.2) is 57.9 Å². The Bertz CT molecular complexity index is 130. The molecule has 0 bridgehead atoms. The normalized spacial score (nSPS) is 45.8. The number of nitrogens with two attached hydrogens (primary N) is 1. The standard InChI is InChI=1S/C6H13NO4/c8-2-3-5(10)6(11)4(9)1-7-3/h3-11H,1-2H2/p+1/t3-,4+,5+,6-/m1/s1. The van der Waals surface area contributed by atoms with Gasteiger partial charge in [-0.15, -0.1) is 0 Å². The fourth-order valence-electron chi connectivity index (χ4n) is 1.26. The van der Waals surface area contributed by atoms with E-state index in [4.69, 9.17) is 15.3 Å². The van der Waals surface area contributed by atoms with E-state index in [2.05, 4.69) is 0 Å². The maximum absolute atomic E-state index is 9.21. The Morgan fingerprint density at radius 3 is 2.36 bits per heavy atom. The van der Waals surface area contributed by atoms with E-state index in [1.807, 2.05) is 0 Å². The molecular formula is C6H14NO4+. The Balaban J connectivity index is 2.52. The molecule has 1 aliphatic heterocycles. The molecule has 1 fully saturated rings. The minimum Gasteiger partial charge on any atom is -0.390 e. The van der Waals surface area contributed by atoms with E-state index in [-0.39, 0.29) is 6.61 Å². The largest absolute Gasteiger partial charge is 0.390 e. The summed E-state index contributed by atoms with van der Waals surface area (Å²) in [6.45, 7) is 0.133. The van der Waals surface area contributed by atoms with Crippen LogP contribution in [0.3, 0.4) is 0 Å². The number of piperidine rings is 1. The van der Waals surface area contributed by atoms with Crippen molar-refractivity contribution < 1.29 is 25.7 Å². The number of aliphatic hydroxyl groups is 4. The quantitative estimate of drug-likeness (QED) is 0.273. The van der Waals surface area contributed by atoms with Crippen LogP contribution in [0.1, 0.15) is 0 Å². The van der Waals surface area contributed by atoms with E-state index in [1.54, 1.807) is 5.32 Å². The highest BCUT2D eigenvalue weighted by atomic mass is 16.4. The lowest BCUT2D eigenvalue weighted by Gasteiger charge is -2.31. The maximum atomic E-state index is 9.21. The number of rotatable bonds is 1. The van der Waals surface area contributed by atoms with Gasteiger partial charge in [-0.1, -0.05) is 0 Å². The molecule has 66 valence electrons. The van der Waals surface area contributed by atoms with Crippen LogP contribution < -0.4 is 5.32 Å². The predicted octanol–water partition coefficient (Wildman–Crippen LogP) is -3.99. The first-order valence-corrected chi connectivity index (χ1v) is 3.65. The summed E-state index contributed by atoms with van der Waals surface area (Å²) in [5, 5.41) is 37.7. The molecule has 0 aliphatic carbocycles. The monoisotopic (exact) mass is 164 g/mol. The molecule has 0 amide bonds. The predicted molar refractivity (Wildman–Crippen MR) is 35.7 cm³/mol. The van der Waals surface area contributed by atoms with Gasteiger partial charge in [0, 0.05) is 0 Å². The molecule has 0 saturated carbocycles. The van der Waals surface area contributed by atoms with Crippen molar-refractivity contribution in [1.29, 1.82) is 0 Å². The molecule has 1 heterocycles. The van der Waals surface area contributed by atoms with E-state index in [9.17, 15) is 5.11 Å². The average molecular weight is 164 g/mol. The summed E-state index contributed by atoms with van der Waals surface area (Å²) in [5.74, 6) is 0. The van der Waals surface area contributed by atoms with Crippen LogP contribution in [-0.2, 0) is 0 Å². The molecule has 5 nitrogen and oxygen atoms in total. The fourth-order valence-corrected chi connectivity index (χ4v) is 1.26. The minimum atomic E-state index is -1.13. The van der Waals surface area contributed by atoms with Crippen LogP contribution in [0.2, 0.25) is 0 Å². The van der Waals surface area contributed by atoms with E-state index < -0.39 is 24.4 Å². The molecule has 4 atom stereocenters. The number of aliphatic hydroxyl groups excluding tert-OH is 4. The molecule has 1 aliphatic rings. The number of hydrogen-bond acceptors (Lipinski definition) is 4. The van der Waals surface area contributed by atoms with Gasteiger partial charge in [0.05, 0.1) is 6.61 Å². The van der Waals surface area contributed by atoms with Crippen LogP contribution in [0.25, 0.3) is 0 Å². The third-order valence-corrected chi connectivity index (χ3v) is 2.07. The molecule has 1 saturated heterocycles. The van der Waals surface area contributed by atoms with Crippen LogP contribution in [0.5, 0.6) is 0 Å². The molecule has 1 rings (SSSR count). The Kier molecular flexibility index (Phi) is 2.80. The first-order chi connectivity index (χ1) is 5.16. The van der Waals surface area contributed by atoms with Crippen LogP contribution in [0.4, 0.5) is 0 Å². The third-order valence-electron chi connectivity index (χ3n) is 2.07. The van der Waals surface area contributed by atoms with Gasteiger partial charge in [-0.05, 0) is 0 Å². The van der Waals surface area contributed by atoms with E-state index >= 15 is 0 Å². The maximum Gasteiger partial charge on any atom is 0.138 e. The SMILES string of the molecule is OC[C@H]1[NH2+]C[C@H](O)[C@@H](O)[C@H]1O. The van der Waals surface area contributed by atoms with Crippen LogP contribution in [0.15, 0.2) is 0 Å². The zero-order chi connectivity index (χ0) is 8.43. The van der Waals surface area contributed by atoms with Gasteiger partial charge in [0.1, 0.15) is 30.9 Å². The van der Waals surface area contributed by atoms with Crippen molar-refractivity contribution in [3.05, 3.63) is 0 Å². The third kappa shape index (κ3) is 1.69. The summed E-state index contributed by atoms with van der Waals surface area (Å²) in [7, 11) is 0. The van der Waals surface area contributed by atoms with Crippen molar-refractivity contribution in [2.24, 2.45) is 0 Å². The summed E-state index contributed by atoms with van der Waals surface area (Å²) in [6, 6.07) is -0.409. The van der Waals surface area contributed by atoms with E-state index in [1.165, 1.54) is 0 Å². The molecular weight excluding hydrogens is 150 g/mol. The Morgan fingerprint density at radius 2 is 1.82 bits per heavy atom. The van der Waals surface area contributed by atoms with Gasteiger partial charge in [-0.2, -0.15) is 0 Å². The Morgan fingerprint density at radius 1 is 1.18 bits per heavy atom. The van der Waals surface area contributed by atoms with Crippen LogP contribution >= 0.6 is 0 Å². The Hall–Kier alpha value is -0.200. The van der Waals surface area contributed by atoms with Gasteiger partial charge < -0.3 is 25.7 Å². The van der Waals surface area contributed by atoms with Gasteiger partial charge in [0.25, 0.3) is 0 Å². The minimum absolute atomic E-state index is 0.190. The molecule has 0 spiro atoms. The zero-order valence-corrected chi connectivity index (χ0v) is 6.09. The van der Waals surface area contributed by atoms with Gasteiger partial charge >= 0.3 is 0 Å². The summed E-state index contributed by atoms with van der Waals surface area (Å²) in [5.41, 5.74) is 0. The van der Waals surface area contributed by atoms with Crippen molar-refractivity contribution in [3.8, 4) is 0 Å². The second-order valence-corrected chi connectivity index (χ2v) is 2.87. The zero-order valence-electron chi connectivity index (χ0n) is 6.09. The second-order valence-electron chi connectivity index (χ2n) is 2.87. The average Bonchev–Trinajstić information content (AvgIpc) is 2.01. The van der Waals surface area contributed by atoms with Gasteiger partial charge in [0.2, 0.25) is 0 Å². The molecule has 0 unspecified atom stereocenters. The molecule has 0 aromatic heterocycles. The van der Waals surface area contributed by atoms with Gasteiger partial charge in [-0.3, -0.25) is 0 Å². The lowest BCUT2D eigenvalue weighted by atomic mass is 9.97. The molecule has 0 aromatic rings. The lowest BCUT2D eigenvalue weighted by molar-refractivity contribution is -0.716. The Labute approximate surface area is 64.3 Å². The highest BCUT2D eigenvalue weighted by molar-refractivity contribution is 4.82. The van der Waals surface area contributed by atoms with Crippen LogP contribution in [0, 0.1) is 0 Å². The van der Waals surface area contributed by atoms with E-state index in [0.29, 0.717) is 6.54 Å². The summed E-state index contributed by atoms with van der Waals surface area (Å²) < 4.78 is 0. The van der Waals surface area contributed by atoms with Crippen molar-refractivity contribution in [1.82, 2.24) is 0 Å². The summed E-state index contributed by atoms with van der Waals surface area (Å²) in [6.07, 6.45) is -3.06. The van der Waals surface area contributed by atoms with Crippen molar-refractivity contribution >= 4 is 0 Å². The van der Waals surface area contributed by atoms with Crippen molar-refractivity contribution in [2.75, 3.05) is 13.2 Å². The molecule has 11 heavy (non-hydrogen) atoms.